The third-order valence-electron chi connectivity index (χ3n) is 5.11. The maximum Gasteiger partial charge on any atom is 0.241 e. The van der Waals surface area contributed by atoms with E-state index in [1.54, 1.807) is 18.3 Å². The number of likely N-dealkylation sites (N-methyl/N-ethyl adjacent to an activating group) is 1. The van der Waals surface area contributed by atoms with Crippen molar-refractivity contribution in [1.29, 1.82) is 0 Å². The Morgan fingerprint density at radius 1 is 1.21 bits per heavy atom. The molecule has 8 heteroatoms. The van der Waals surface area contributed by atoms with Gasteiger partial charge in [-0.2, -0.15) is 5.10 Å². The number of carbonyl (C=O) groups excluding carboxylic acids is 1. The van der Waals surface area contributed by atoms with Crippen molar-refractivity contribution in [3.8, 4) is 0 Å². The molecule has 1 aliphatic rings. The molecule has 2 aromatic rings. The first-order valence-corrected chi connectivity index (χ1v) is 9.65. The molecule has 1 N–H and O–H groups in total. The van der Waals surface area contributed by atoms with Gasteiger partial charge in [-0.05, 0) is 45.3 Å². The van der Waals surface area contributed by atoms with E-state index in [1.807, 2.05) is 31.9 Å². The number of rotatable bonds is 7. The number of hydrogen-bond acceptors (Lipinski definition) is 5. The number of amides is 1. The second-order valence-electron chi connectivity index (χ2n) is 7.46. The van der Waals surface area contributed by atoms with Crippen molar-refractivity contribution in [2.75, 3.05) is 57.0 Å². The first-order valence-electron chi connectivity index (χ1n) is 9.65. The van der Waals surface area contributed by atoms with E-state index in [4.69, 9.17) is 0 Å². The molecule has 1 aliphatic heterocycles. The van der Waals surface area contributed by atoms with Crippen LogP contribution in [-0.4, -0.2) is 78.3 Å². The van der Waals surface area contributed by atoms with Crippen LogP contribution in [0.5, 0.6) is 0 Å². The van der Waals surface area contributed by atoms with Crippen molar-refractivity contribution in [2.45, 2.75) is 19.5 Å². The number of anilines is 2. The lowest BCUT2D eigenvalue weighted by Gasteiger charge is -2.38. The van der Waals surface area contributed by atoms with Gasteiger partial charge in [-0.25, -0.2) is 4.39 Å². The Labute approximate surface area is 165 Å². The molecule has 0 radical (unpaired) electrons. The van der Waals surface area contributed by atoms with E-state index >= 15 is 0 Å². The van der Waals surface area contributed by atoms with Crippen LogP contribution in [0.25, 0.3) is 0 Å². The summed E-state index contributed by atoms with van der Waals surface area (Å²) in [4.78, 5) is 19.1. The zero-order valence-corrected chi connectivity index (χ0v) is 16.8. The molecule has 0 spiro atoms. The lowest BCUT2D eigenvalue weighted by Crippen LogP contribution is -2.52. The molecule has 7 nitrogen and oxygen atoms in total. The number of benzene rings is 1. The molecule has 28 heavy (non-hydrogen) atoms. The molecule has 1 atom stereocenters. The van der Waals surface area contributed by atoms with E-state index in [-0.39, 0.29) is 17.8 Å². The van der Waals surface area contributed by atoms with E-state index in [9.17, 15) is 9.18 Å². The Morgan fingerprint density at radius 2 is 1.89 bits per heavy atom. The number of piperazine rings is 1. The molecule has 0 aliphatic carbocycles. The average Bonchev–Trinajstić information content (AvgIpc) is 3.14. The number of halogens is 1. The minimum atomic E-state index is -0.224. The number of aromatic nitrogens is 2. The highest BCUT2D eigenvalue weighted by Crippen LogP contribution is 2.18. The summed E-state index contributed by atoms with van der Waals surface area (Å²) in [5, 5.41) is 7.25. The van der Waals surface area contributed by atoms with Gasteiger partial charge in [0, 0.05) is 44.6 Å². The molecule has 1 saturated heterocycles. The van der Waals surface area contributed by atoms with Crippen LogP contribution >= 0.6 is 0 Å². The van der Waals surface area contributed by atoms with Gasteiger partial charge in [-0.1, -0.05) is 0 Å². The Bertz CT molecular complexity index is 767. The molecule has 1 unspecified atom stereocenters. The summed E-state index contributed by atoms with van der Waals surface area (Å²) in [6, 6.07) is 6.34. The maximum absolute atomic E-state index is 13.1. The lowest BCUT2D eigenvalue weighted by atomic mass is 10.2. The summed E-state index contributed by atoms with van der Waals surface area (Å²) >= 11 is 0. The molecule has 1 aromatic carbocycles. The van der Waals surface area contributed by atoms with E-state index in [0.29, 0.717) is 0 Å². The smallest absolute Gasteiger partial charge is 0.241 e. The Kier molecular flexibility index (Phi) is 6.64. The third-order valence-corrected chi connectivity index (χ3v) is 5.11. The fourth-order valence-electron chi connectivity index (χ4n) is 3.28. The summed E-state index contributed by atoms with van der Waals surface area (Å²) in [6.07, 6.45) is 3.55. The predicted molar refractivity (Wildman–Crippen MR) is 109 cm³/mol. The van der Waals surface area contributed by atoms with Crippen LogP contribution in [0.2, 0.25) is 0 Å². The summed E-state index contributed by atoms with van der Waals surface area (Å²) in [7, 11) is 4.04. The van der Waals surface area contributed by atoms with Crippen molar-refractivity contribution in [2.24, 2.45) is 0 Å². The molecule has 3 rings (SSSR count). The second-order valence-corrected chi connectivity index (χ2v) is 7.46. The third kappa shape index (κ3) is 5.30. The van der Waals surface area contributed by atoms with Gasteiger partial charge >= 0.3 is 0 Å². The summed E-state index contributed by atoms with van der Waals surface area (Å²) in [5.74, 6) is -0.250. The largest absolute Gasteiger partial charge is 0.369 e. The maximum atomic E-state index is 13.1. The zero-order chi connectivity index (χ0) is 20.1. The first-order chi connectivity index (χ1) is 13.4. The van der Waals surface area contributed by atoms with Gasteiger partial charge in [-0.3, -0.25) is 14.4 Å². The van der Waals surface area contributed by atoms with Gasteiger partial charge in [0.05, 0.1) is 24.5 Å². The van der Waals surface area contributed by atoms with Crippen LogP contribution in [0.4, 0.5) is 15.8 Å². The number of hydrogen-bond donors (Lipinski definition) is 1. The molecule has 0 saturated carbocycles. The van der Waals surface area contributed by atoms with Crippen molar-refractivity contribution in [3.63, 3.8) is 0 Å². The Hall–Kier alpha value is -2.45. The molecular weight excluding hydrogens is 359 g/mol. The van der Waals surface area contributed by atoms with Crippen LogP contribution < -0.4 is 10.2 Å². The summed E-state index contributed by atoms with van der Waals surface area (Å²) in [5.41, 5.74) is 1.74. The monoisotopic (exact) mass is 388 g/mol. The SMILES string of the molecule is CC(C(=O)Nc1cnn(CCN(C)C)c1)N1CCN(c2ccc(F)cc2)CC1. The fraction of sp³-hybridized carbons (Fsp3) is 0.500. The van der Waals surface area contributed by atoms with E-state index in [1.165, 1.54) is 12.1 Å². The minimum Gasteiger partial charge on any atom is -0.369 e. The molecule has 152 valence electrons. The Morgan fingerprint density at radius 3 is 2.54 bits per heavy atom. The highest BCUT2D eigenvalue weighted by atomic mass is 19.1. The van der Waals surface area contributed by atoms with E-state index < -0.39 is 0 Å². The highest BCUT2D eigenvalue weighted by molar-refractivity contribution is 5.94. The van der Waals surface area contributed by atoms with Crippen LogP contribution in [-0.2, 0) is 11.3 Å². The molecule has 1 fully saturated rings. The van der Waals surface area contributed by atoms with Crippen LogP contribution in [0, 0.1) is 5.82 Å². The average molecular weight is 388 g/mol. The minimum absolute atomic E-state index is 0.0256. The Balaban J connectivity index is 1.48. The van der Waals surface area contributed by atoms with Gasteiger partial charge in [0.25, 0.3) is 0 Å². The van der Waals surface area contributed by atoms with Crippen LogP contribution in [0.15, 0.2) is 36.7 Å². The topological polar surface area (TPSA) is 56.6 Å². The predicted octanol–water partition coefficient (Wildman–Crippen LogP) is 1.73. The molecular formula is C20H29FN6O. The lowest BCUT2D eigenvalue weighted by molar-refractivity contribution is -0.120. The van der Waals surface area contributed by atoms with E-state index in [2.05, 4.69) is 25.1 Å². The van der Waals surface area contributed by atoms with Crippen LogP contribution in [0.1, 0.15) is 6.92 Å². The van der Waals surface area contributed by atoms with Gasteiger partial charge < -0.3 is 15.1 Å². The van der Waals surface area contributed by atoms with E-state index in [0.717, 1.165) is 50.6 Å². The van der Waals surface area contributed by atoms with Gasteiger partial charge in [-0.15, -0.1) is 0 Å². The second kappa shape index (κ2) is 9.16. The summed E-state index contributed by atoms with van der Waals surface area (Å²) in [6.45, 7) is 6.80. The standard InChI is InChI=1S/C20H29FN6O/c1-16(20(28)23-18-14-22-27(15-18)13-8-24(2)3)25-9-11-26(12-10-25)19-6-4-17(21)5-7-19/h4-7,14-16H,8-13H2,1-3H3,(H,23,28). The number of nitrogens with one attached hydrogen (secondary N) is 1. The molecule has 1 aromatic heterocycles. The van der Waals surface area contributed by atoms with Gasteiger partial charge in [0.1, 0.15) is 5.82 Å². The number of nitrogens with zero attached hydrogens (tertiary/aromatic N) is 5. The number of carbonyl (C=O) groups is 1. The van der Waals surface area contributed by atoms with Gasteiger partial charge in [0.2, 0.25) is 5.91 Å². The molecule has 2 heterocycles. The quantitative estimate of drug-likeness (QED) is 0.783. The summed E-state index contributed by atoms with van der Waals surface area (Å²) < 4.78 is 14.9. The van der Waals surface area contributed by atoms with Crippen molar-refractivity contribution in [3.05, 3.63) is 42.5 Å². The molecule has 1 amide bonds. The van der Waals surface area contributed by atoms with Crippen molar-refractivity contribution >= 4 is 17.3 Å². The zero-order valence-electron chi connectivity index (χ0n) is 16.8. The molecule has 0 bridgehead atoms. The first kappa shape index (κ1) is 20.3. The van der Waals surface area contributed by atoms with Crippen molar-refractivity contribution in [1.82, 2.24) is 19.6 Å². The fourth-order valence-corrected chi connectivity index (χ4v) is 3.28. The van der Waals surface area contributed by atoms with Crippen molar-refractivity contribution < 1.29 is 9.18 Å². The van der Waals surface area contributed by atoms with Gasteiger partial charge in [0.15, 0.2) is 0 Å². The highest BCUT2D eigenvalue weighted by Gasteiger charge is 2.26. The normalized spacial score (nSPS) is 16.4. The van der Waals surface area contributed by atoms with Crippen LogP contribution in [0.3, 0.4) is 0 Å².